The Morgan fingerprint density at radius 3 is 2.30 bits per heavy atom. The van der Waals surface area contributed by atoms with E-state index in [1.165, 1.54) is 5.56 Å². The first-order valence-electron chi connectivity index (χ1n) is 2.97. The SMILES string of the molecule is S=Cc1ccc(CBr)cc1. The van der Waals surface area contributed by atoms with Crippen LogP contribution in [0.2, 0.25) is 0 Å². The number of benzene rings is 1. The Labute approximate surface area is 74.4 Å². The molecule has 0 nitrogen and oxygen atoms in total. The minimum Gasteiger partial charge on any atom is -0.0881 e. The van der Waals surface area contributed by atoms with Crippen LogP contribution in [0.1, 0.15) is 11.1 Å². The molecule has 0 amide bonds. The highest BCUT2D eigenvalue weighted by Gasteiger charge is 1.87. The summed E-state index contributed by atoms with van der Waals surface area (Å²) in [7, 11) is 0. The topological polar surface area (TPSA) is 0 Å². The van der Waals surface area contributed by atoms with Crippen LogP contribution in [0.4, 0.5) is 0 Å². The van der Waals surface area contributed by atoms with Crippen molar-refractivity contribution in [2.24, 2.45) is 0 Å². The molecule has 1 aromatic rings. The molecule has 0 saturated heterocycles. The van der Waals surface area contributed by atoms with Crippen LogP contribution in [0.25, 0.3) is 0 Å². The molecule has 0 spiro atoms. The van der Waals surface area contributed by atoms with Crippen LogP contribution in [-0.4, -0.2) is 5.37 Å². The normalized spacial score (nSPS) is 9.30. The molecule has 0 aliphatic heterocycles. The van der Waals surface area contributed by atoms with Gasteiger partial charge in [-0.2, -0.15) is 0 Å². The molecule has 0 saturated carbocycles. The molecule has 0 aliphatic rings. The van der Waals surface area contributed by atoms with Crippen molar-refractivity contribution in [2.75, 3.05) is 0 Å². The predicted octanol–water partition coefficient (Wildman–Crippen LogP) is 2.93. The molecule has 1 rings (SSSR count). The second-order valence-electron chi connectivity index (χ2n) is 1.99. The van der Waals surface area contributed by atoms with Gasteiger partial charge in [-0.1, -0.05) is 52.4 Å². The summed E-state index contributed by atoms with van der Waals surface area (Å²) in [5.41, 5.74) is 2.38. The van der Waals surface area contributed by atoms with Gasteiger partial charge in [-0.25, -0.2) is 0 Å². The zero-order valence-corrected chi connectivity index (χ0v) is 7.78. The van der Waals surface area contributed by atoms with Crippen molar-refractivity contribution in [1.29, 1.82) is 0 Å². The van der Waals surface area contributed by atoms with Gasteiger partial charge in [-0.05, 0) is 11.1 Å². The maximum Gasteiger partial charge on any atom is 0.0283 e. The molecule has 0 N–H and O–H groups in total. The van der Waals surface area contributed by atoms with E-state index in [-0.39, 0.29) is 0 Å². The highest BCUT2D eigenvalue weighted by atomic mass is 79.9. The second kappa shape index (κ2) is 3.84. The summed E-state index contributed by atoms with van der Waals surface area (Å²) >= 11 is 8.13. The van der Waals surface area contributed by atoms with E-state index < -0.39 is 0 Å². The molecule has 52 valence electrons. The lowest BCUT2D eigenvalue weighted by Gasteiger charge is -1.93. The lowest BCUT2D eigenvalue weighted by molar-refractivity contribution is 1.43. The molecule has 0 bridgehead atoms. The van der Waals surface area contributed by atoms with Crippen LogP contribution < -0.4 is 0 Å². The minimum absolute atomic E-state index is 0.907. The van der Waals surface area contributed by atoms with Crippen molar-refractivity contribution < 1.29 is 0 Å². The highest BCUT2D eigenvalue weighted by molar-refractivity contribution is 9.08. The van der Waals surface area contributed by atoms with Gasteiger partial charge in [0.1, 0.15) is 0 Å². The Balaban J connectivity index is 2.90. The molecule has 0 unspecified atom stereocenters. The van der Waals surface area contributed by atoms with Gasteiger partial charge >= 0.3 is 0 Å². The van der Waals surface area contributed by atoms with Crippen LogP contribution in [-0.2, 0) is 5.33 Å². The van der Waals surface area contributed by atoms with Crippen LogP contribution in [0, 0.1) is 0 Å². The molecule has 10 heavy (non-hydrogen) atoms. The van der Waals surface area contributed by atoms with Gasteiger partial charge in [-0.15, -0.1) is 0 Å². The van der Waals surface area contributed by atoms with Gasteiger partial charge in [0.25, 0.3) is 0 Å². The maximum atomic E-state index is 4.76. The van der Waals surface area contributed by atoms with E-state index >= 15 is 0 Å². The van der Waals surface area contributed by atoms with Gasteiger partial charge in [-0.3, -0.25) is 0 Å². The number of halogens is 1. The zero-order chi connectivity index (χ0) is 7.40. The van der Waals surface area contributed by atoms with Gasteiger partial charge < -0.3 is 0 Å². The van der Waals surface area contributed by atoms with Gasteiger partial charge in [0.2, 0.25) is 0 Å². The van der Waals surface area contributed by atoms with Crippen molar-refractivity contribution in [3.63, 3.8) is 0 Å². The molecule has 0 radical (unpaired) electrons. The van der Waals surface area contributed by atoms with Crippen molar-refractivity contribution in [3.8, 4) is 0 Å². The van der Waals surface area contributed by atoms with Crippen LogP contribution in [0.15, 0.2) is 24.3 Å². The number of hydrogen-bond donors (Lipinski definition) is 0. The summed E-state index contributed by atoms with van der Waals surface area (Å²) in [6, 6.07) is 8.16. The number of rotatable bonds is 2. The van der Waals surface area contributed by atoms with Crippen molar-refractivity contribution >= 4 is 33.5 Å². The van der Waals surface area contributed by atoms with Crippen LogP contribution in [0.3, 0.4) is 0 Å². The lowest BCUT2D eigenvalue weighted by atomic mass is 10.2. The van der Waals surface area contributed by atoms with Crippen LogP contribution in [0.5, 0.6) is 0 Å². The third-order valence-corrected chi connectivity index (χ3v) is 2.19. The summed E-state index contributed by atoms with van der Waals surface area (Å²) < 4.78 is 0. The highest BCUT2D eigenvalue weighted by Crippen LogP contribution is 2.06. The van der Waals surface area contributed by atoms with E-state index in [0.29, 0.717) is 0 Å². The van der Waals surface area contributed by atoms with Gasteiger partial charge in [0.05, 0.1) is 0 Å². The van der Waals surface area contributed by atoms with E-state index in [4.69, 9.17) is 12.2 Å². The largest absolute Gasteiger partial charge is 0.0881 e. The molecule has 0 heterocycles. The average Bonchev–Trinajstić information content (AvgIpc) is 2.05. The predicted molar refractivity (Wildman–Crippen MR) is 51.8 cm³/mol. The third kappa shape index (κ3) is 1.89. The summed E-state index contributed by atoms with van der Waals surface area (Å²) in [6.07, 6.45) is 0. The first-order chi connectivity index (χ1) is 4.86. The fourth-order valence-corrected chi connectivity index (χ4v) is 1.22. The molecular formula is C8H7BrS. The Kier molecular flexibility index (Phi) is 3.03. The Morgan fingerprint density at radius 2 is 1.90 bits per heavy atom. The van der Waals surface area contributed by atoms with E-state index in [0.717, 1.165) is 10.9 Å². The summed E-state index contributed by atoms with van der Waals surface area (Å²) in [6.45, 7) is 0. The van der Waals surface area contributed by atoms with Crippen LogP contribution >= 0.6 is 28.1 Å². The second-order valence-corrected chi connectivity index (χ2v) is 2.79. The molecule has 0 aliphatic carbocycles. The maximum absolute atomic E-state index is 4.76. The van der Waals surface area contributed by atoms with Gasteiger partial charge in [0, 0.05) is 10.7 Å². The quantitative estimate of drug-likeness (QED) is 0.539. The number of alkyl halides is 1. The first kappa shape index (κ1) is 7.89. The molecule has 0 atom stereocenters. The van der Waals surface area contributed by atoms with E-state index in [1.807, 2.05) is 12.1 Å². The lowest BCUT2D eigenvalue weighted by Crippen LogP contribution is -1.79. The zero-order valence-electron chi connectivity index (χ0n) is 5.38. The fourth-order valence-electron chi connectivity index (χ4n) is 0.685. The Hall–Kier alpha value is -0.210. The third-order valence-electron chi connectivity index (χ3n) is 1.27. The first-order valence-corrected chi connectivity index (χ1v) is 4.56. The Bertz CT molecular complexity index is 215. The van der Waals surface area contributed by atoms with E-state index in [9.17, 15) is 0 Å². The van der Waals surface area contributed by atoms with Gasteiger partial charge in [0.15, 0.2) is 0 Å². The van der Waals surface area contributed by atoms with Crippen molar-refractivity contribution in [2.45, 2.75) is 5.33 Å². The molecular weight excluding hydrogens is 208 g/mol. The standard InChI is InChI=1S/C8H7BrS/c9-5-7-1-3-8(6-10)4-2-7/h1-4,6H,5H2. The monoisotopic (exact) mass is 214 g/mol. The van der Waals surface area contributed by atoms with Crippen molar-refractivity contribution in [1.82, 2.24) is 0 Å². The minimum atomic E-state index is 0.907. The summed E-state index contributed by atoms with van der Waals surface area (Å²) in [4.78, 5) is 0. The number of hydrogen-bond acceptors (Lipinski definition) is 1. The molecule has 1 aromatic carbocycles. The molecule has 0 aromatic heterocycles. The van der Waals surface area contributed by atoms with E-state index in [2.05, 4.69) is 28.1 Å². The van der Waals surface area contributed by atoms with E-state index in [1.54, 1.807) is 5.37 Å². The van der Waals surface area contributed by atoms with Crippen molar-refractivity contribution in [3.05, 3.63) is 35.4 Å². The average molecular weight is 215 g/mol. The fraction of sp³-hybridized carbons (Fsp3) is 0.125. The Morgan fingerprint density at radius 1 is 1.30 bits per heavy atom. The molecule has 0 fully saturated rings. The summed E-state index contributed by atoms with van der Waals surface area (Å²) in [5.74, 6) is 0. The smallest absolute Gasteiger partial charge is 0.0283 e. The number of thiocarbonyl (C=S) groups is 1. The summed E-state index contributed by atoms with van der Waals surface area (Å²) in [5, 5.41) is 2.59. The molecule has 2 heteroatoms.